The Balaban J connectivity index is 1.28. The van der Waals surface area contributed by atoms with Crippen molar-refractivity contribution in [2.45, 2.75) is 58.5 Å². The molecule has 3 amide bonds. The van der Waals surface area contributed by atoms with Crippen LogP contribution in [0.4, 0.5) is 4.39 Å². The molecule has 0 radical (unpaired) electrons. The Labute approximate surface area is 230 Å². The van der Waals surface area contributed by atoms with Gasteiger partial charge in [0.05, 0.1) is 27.7 Å². The van der Waals surface area contributed by atoms with Crippen LogP contribution in [0.1, 0.15) is 47.4 Å². The van der Waals surface area contributed by atoms with Gasteiger partial charge in [-0.25, -0.2) is 9.37 Å². The largest absolute Gasteiger partial charge is 0.391 e. The van der Waals surface area contributed by atoms with Gasteiger partial charge in [-0.15, -0.1) is 11.3 Å². The number of aliphatic hydroxyl groups excluding tert-OH is 1. The number of β-amino-alcohol motifs (C(OH)–C–C–N with tert-alkyl or cyclic N) is 1. The summed E-state index contributed by atoms with van der Waals surface area (Å²) in [4.78, 5) is 48.3. The van der Waals surface area contributed by atoms with Gasteiger partial charge < -0.3 is 20.2 Å². The molecule has 8 nitrogen and oxygen atoms in total. The van der Waals surface area contributed by atoms with Crippen LogP contribution in [0.15, 0.2) is 48.0 Å². The van der Waals surface area contributed by atoms with E-state index in [2.05, 4.69) is 10.3 Å². The van der Waals surface area contributed by atoms with E-state index < -0.39 is 35.8 Å². The van der Waals surface area contributed by atoms with Gasteiger partial charge in [-0.2, -0.15) is 0 Å². The first-order valence-corrected chi connectivity index (χ1v) is 13.9. The minimum Gasteiger partial charge on any atom is -0.391 e. The maximum absolute atomic E-state index is 14.4. The van der Waals surface area contributed by atoms with E-state index in [0.29, 0.717) is 5.56 Å². The molecule has 204 valence electrons. The Kier molecular flexibility index (Phi) is 7.51. The molecule has 0 saturated carbocycles. The molecule has 2 aliphatic heterocycles. The standard InChI is InChI=1S/C29H31FN4O4S/c1-16(2)25(34-13-20-5-4-6-22(30)24(20)28(34)37)29(38)33-14-21(35)11-23(33)27(36)31-12-18-7-9-19(10-8-18)26-17(3)32-15-39-26/h4-10,15-16,21,23,25,35H,11-14H2,1-3H3,(H,31,36)/t21-,23+,25+/m1/s1. The summed E-state index contributed by atoms with van der Waals surface area (Å²) in [6, 6.07) is 10.5. The molecule has 0 spiro atoms. The average molecular weight is 551 g/mol. The number of aliphatic hydroxyl groups is 1. The van der Waals surface area contributed by atoms with Crippen molar-refractivity contribution in [2.24, 2.45) is 5.92 Å². The molecule has 1 aromatic heterocycles. The lowest BCUT2D eigenvalue weighted by Crippen LogP contribution is -2.55. The summed E-state index contributed by atoms with van der Waals surface area (Å²) in [6.45, 7) is 5.96. The number of thiazole rings is 1. The van der Waals surface area contributed by atoms with Crippen molar-refractivity contribution in [3.05, 3.63) is 76.2 Å². The van der Waals surface area contributed by atoms with Gasteiger partial charge in [0, 0.05) is 26.1 Å². The average Bonchev–Trinajstić information content (AvgIpc) is 3.60. The third kappa shape index (κ3) is 5.18. The molecule has 39 heavy (non-hydrogen) atoms. The molecule has 10 heteroatoms. The van der Waals surface area contributed by atoms with Crippen molar-refractivity contribution in [3.63, 3.8) is 0 Å². The predicted molar refractivity (Wildman–Crippen MR) is 145 cm³/mol. The fraction of sp³-hybridized carbons (Fsp3) is 0.379. The summed E-state index contributed by atoms with van der Waals surface area (Å²) >= 11 is 1.57. The first kappa shape index (κ1) is 27.0. The van der Waals surface area contributed by atoms with Crippen molar-refractivity contribution >= 4 is 29.1 Å². The van der Waals surface area contributed by atoms with Gasteiger partial charge >= 0.3 is 0 Å². The molecule has 3 aromatic rings. The number of hydrogen-bond acceptors (Lipinski definition) is 6. The van der Waals surface area contributed by atoms with E-state index in [1.54, 1.807) is 23.5 Å². The van der Waals surface area contributed by atoms with Crippen LogP contribution in [0.5, 0.6) is 0 Å². The molecule has 0 bridgehead atoms. The number of aromatic nitrogens is 1. The number of carbonyl (C=O) groups excluding carboxylic acids is 3. The van der Waals surface area contributed by atoms with Crippen LogP contribution >= 0.6 is 11.3 Å². The monoisotopic (exact) mass is 550 g/mol. The number of aryl methyl sites for hydroxylation is 1. The highest BCUT2D eigenvalue weighted by atomic mass is 32.1. The second-order valence-corrected chi connectivity index (χ2v) is 11.3. The van der Waals surface area contributed by atoms with Gasteiger partial charge in [-0.05, 0) is 35.6 Å². The van der Waals surface area contributed by atoms with Gasteiger partial charge in [-0.3, -0.25) is 14.4 Å². The zero-order valence-electron chi connectivity index (χ0n) is 22.1. The lowest BCUT2D eigenvalue weighted by atomic mass is 10.0. The van der Waals surface area contributed by atoms with E-state index in [1.165, 1.54) is 15.9 Å². The van der Waals surface area contributed by atoms with Gasteiger partial charge in [0.1, 0.15) is 17.9 Å². The highest BCUT2D eigenvalue weighted by molar-refractivity contribution is 7.13. The molecule has 0 unspecified atom stereocenters. The second-order valence-electron chi connectivity index (χ2n) is 10.5. The maximum atomic E-state index is 14.4. The van der Waals surface area contributed by atoms with E-state index in [4.69, 9.17) is 0 Å². The number of nitrogens with one attached hydrogen (secondary N) is 1. The van der Waals surface area contributed by atoms with Crippen LogP contribution in [-0.2, 0) is 22.7 Å². The van der Waals surface area contributed by atoms with Gasteiger partial charge in [0.2, 0.25) is 11.8 Å². The van der Waals surface area contributed by atoms with Crippen LogP contribution in [0.25, 0.3) is 10.4 Å². The van der Waals surface area contributed by atoms with Crippen molar-refractivity contribution in [3.8, 4) is 10.4 Å². The number of benzene rings is 2. The second kappa shape index (κ2) is 10.9. The maximum Gasteiger partial charge on any atom is 0.258 e. The minimum atomic E-state index is -0.896. The first-order valence-electron chi connectivity index (χ1n) is 13.0. The summed E-state index contributed by atoms with van der Waals surface area (Å²) in [7, 11) is 0. The smallest absolute Gasteiger partial charge is 0.258 e. The predicted octanol–water partition coefficient (Wildman–Crippen LogP) is 3.52. The number of carbonyl (C=O) groups is 3. The van der Waals surface area contributed by atoms with Crippen LogP contribution in [0, 0.1) is 18.7 Å². The van der Waals surface area contributed by atoms with Crippen LogP contribution in [-0.4, -0.2) is 62.3 Å². The quantitative estimate of drug-likeness (QED) is 0.469. The number of rotatable bonds is 7. The molecule has 3 atom stereocenters. The summed E-state index contributed by atoms with van der Waals surface area (Å²) in [5, 5.41) is 13.3. The lowest BCUT2D eigenvalue weighted by Gasteiger charge is -2.35. The van der Waals surface area contributed by atoms with Crippen molar-refractivity contribution in [1.29, 1.82) is 0 Å². The SMILES string of the molecule is Cc1ncsc1-c1ccc(CNC(=O)[C@@H]2C[C@@H](O)CN2C(=O)[C@H](C(C)C)N2Cc3cccc(F)c3C2=O)cc1. The zero-order chi connectivity index (χ0) is 27.8. The van der Waals surface area contributed by atoms with Crippen molar-refractivity contribution < 1.29 is 23.9 Å². The van der Waals surface area contributed by atoms with Crippen molar-refractivity contribution in [2.75, 3.05) is 6.54 Å². The number of hydrogen-bond donors (Lipinski definition) is 2. The molecule has 1 saturated heterocycles. The third-order valence-corrected chi connectivity index (χ3v) is 8.41. The fourth-order valence-corrected chi connectivity index (χ4v) is 6.29. The molecule has 1 fully saturated rings. The normalized spacial score (nSPS) is 19.5. The molecule has 3 heterocycles. The van der Waals surface area contributed by atoms with E-state index >= 15 is 0 Å². The van der Waals surface area contributed by atoms with E-state index in [0.717, 1.165) is 21.7 Å². The van der Waals surface area contributed by atoms with Gasteiger partial charge in [-0.1, -0.05) is 50.2 Å². The summed E-state index contributed by atoms with van der Waals surface area (Å²) in [5.41, 5.74) is 5.25. The summed E-state index contributed by atoms with van der Waals surface area (Å²) in [5.74, 6) is -2.23. The Morgan fingerprint density at radius 3 is 2.59 bits per heavy atom. The Morgan fingerprint density at radius 1 is 1.21 bits per heavy atom. The van der Waals surface area contributed by atoms with Crippen LogP contribution < -0.4 is 5.32 Å². The molecular weight excluding hydrogens is 519 g/mol. The van der Waals surface area contributed by atoms with E-state index in [-0.39, 0.29) is 43.4 Å². The first-order chi connectivity index (χ1) is 18.7. The minimum absolute atomic E-state index is 0.00756. The zero-order valence-corrected chi connectivity index (χ0v) is 22.9. The third-order valence-electron chi connectivity index (χ3n) is 7.43. The Hall–Kier alpha value is -3.63. The lowest BCUT2D eigenvalue weighted by molar-refractivity contribution is -0.143. The molecule has 5 rings (SSSR count). The molecular formula is C29H31FN4O4S. The van der Waals surface area contributed by atoms with E-state index in [1.807, 2.05) is 50.5 Å². The van der Waals surface area contributed by atoms with Crippen LogP contribution in [0.2, 0.25) is 0 Å². The highest BCUT2D eigenvalue weighted by Gasteiger charge is 2.46. The number of likely N-dealkylation sites (tertiary alicyclic amines) is 1. The number of fused-ring (bicyclic) bond motifs is 1. The Bertz CT molecular complexity index is 1410. The van der Waals surface area contributed by atoms with Crippen molar-refractivity contribution in [1.82, 2.24) is 20.1 Å². The molecule has 2 N–H and O–H groups in total. The van der Waals surface area contributed by atoms with E-state index in [9.17, 15) is 23.9 Å². The van der Waals surface area contributed by atoms with Gasteiger partial charge in [0.15, 0.2) is 0 Å². The fourth-order valence-electron chi connectivity index (χ4n) is 5.48. The van der Waals surface area contributed by atoms with Gasteiger partial charge in [0.25, 0.3) is 5.91 Å². The van der Waals surface area contributed by atoms with Crippen LogP contribution in [0.3, 0.4) is 0 Å². The molecule has 2 aliphatic rings. The molecule has 0 aliphatic carbocycles. The molecule has 2 aromatic carbocycles. The number of halogens is 1. The summed E-state index contributed by atoms with van der Waals surface area (Å²) < 4.78 is 14.4. The number of nitrogens with zero attached hydrogens (tertiary/aromatic N) is 3. The Morgan fingerprint density at radius 2 is 1.95 bits per heavy atom. The highest BCUT2D eigenvalue weighted by Crippen LogP contribution is 2.31. The summed E-state index contributed by atoms with van der Waals surface area (Å²) in [6.07, 6.45) is -0.752. The number of amides is 3. The topological polar surface area (TPSA) is 103 Å².